The molecule has 1 aromatic carbocycles. The maximum absolute atomic E-state index is 11.4. The van der Waals surface area contributed by atoms with Crippen LogP contribution in [0.2, 0.25) is 0 Å². The molecule has 1 aromatic rings. The van der Waals surface area contributed by atoms with Gasteiger partial charge in [0.15, 0.2) is 5.96 Å². The first-order chi connectivity index (χ1) is 12.0. The molecule has 0 saturated carbocycles. The zero-order chi connectivity index (χ0) is 18.5. The molecule has 0 unspecified atom stereocenters. The van der Waals surface area contributed by atoms with Crippen LogP contribution in [-0.2, 0) is 14.8 Å². The summed E-state index contributed by atoms with van der Waals surface area (Å²) in [5.41, 5.74) is 0.825. The Morgan fingerprint density at radius 3 is 2.65 bits per heavy atom. The lowest BCUT2D eigenvalue weighted by atomic mass is 10.3. The van der Waals surface area contributed by atoms with Crippen LogP contribution in [0.4, 0.5) is 5.69 Å². The normalized spacial score (nSPS) is 11.6. The molecule has 0 aromatic heterocycles. The molecule has 0 radical (unpaired) electrons. The summed E-state index contributed by atoms with van der Waals surface area (Å²) < 4.78 is 35.9. The Labute approximate surface area is 173 Å². The van der Waals surface area contributed by atoms with Crippen LogP contribution in [0.1, 0.15) is 13.3 Å². The summed E-state index contributed by atoms with van der Waals surface area (Å²) in [5.74, 6) is 1.37. The van der Waals surface area contributed by atoms with E-state index in [0.29, 0.717) is 32.3 Å². The maximum Gasteiger partial charge on any atom is 0.211 e. The number of halogens is 1. The number of aliphatic imine (C=N–C) groups is 1. The van der Waals surface area contributed by atoms with Gasteiger partial charge in [-0.15, -0.1) is 24.0 Å². The van der Waals surface area contributed by atoms with Crippen molar-refractivity contribution in [3.05, 3.63) is 24.3 Å². The number of nitrogens with one attached hydrogen (secondary N) is 3. The summed E-state index contributed by atoms with van der Waals surface area (Å²) in [6.07, 6.45) is 0.824. The van der Waals surface area contributed by atoms with Gasteiger partial charge in [-0.2, -0.15) is 0 Å². The highest BCUT2D eigenvalue weighted by atomic mass is 127. The highest BCUT2D eigenvalue weighted by Crippen LogP contribution is 2.17. The second kappa shape index (κ2) is 14.0. The zero-order valence-electron chi connectivity index (χ0n) is 15.4. The second-order valence-electron chi connectivity index (χ2n) is 5.14. The topological polar surface area (TPSA) is 101 Å². The molecule has 0 heterocycles. The van der Waals surface area contributed by atoms with Crippen molar-refractivity contribution >= 4 is 45.6 Å². The van der Waals surface area contributed by atoms with Gasteiger partial charge in [0, 0.05) is 52.0 Å². The van der Waals surface area contributed by atoms with E-state index >= 15 is 0 Å². The van der Waals surface area contributed by atoms with Gasteiger partial charge in [-0.1, -0.05) is 6.07 Å². The Morgan fingerprint density at radius 2 is 2.00 bits per heavy atom. The van der Waals surface area contributed by atoms with Crippen molar-refractivity contribution in [3.63, 3.8) is 0 Å². The third-order valence-corrected chi connectivity index (χ3v) is 4.61. The molecule has 0 aliphatic heterocycles. The van der Waals surface area contributed by atoms with Crippen LogP contribution in [0, 0.1) is 0 Å². The third-order valence-electron chi connectivity index (χ3n) is 3.20. The largest absolute Gasteiger partial charge is 0.493 e. The van der Waals surface area contributed by atoms with Crippen LogP contribution in [0.3, 0.4) is 0 Å². The van der Waals surface area contributed by atoms with Crippen molar-refractivity contribution in [2.75, 3.05) is 51.5 Å². The van der Waals surface area contributed by atoms with Crippen molar-refractivity contribution in [1.29, 1.82) is 0 Å². The molecule has 0 aliphatic rings. The van der Waals surface area contributed by atoms with Crippen LogP contribution < -0.4 is 20.1 Å². The molecule has 0 fully saturated rings. The molecule has 10 heteroatoms. The molecule has 0 aliphatic carbocycles. The van der Waals surface area contributed by atoms with E-state index in [1.807, 2.05) is 24.3 Å². The van der Waals surface area contributed by atoms with E-state index < -0.39 is 10.0 Å². The minimum Gasteiger partial charge on any atom is -0.493 e. The monoisotopic (exact) mass is 500 g/mol. The van der Waals surface area contributed by atoms with E-state index in [2.05, 4.69) is 20.3 Å². The molecule has 0 bridgehead atoms. The van der Waals surface area contributed by atoms with Gasteiger partial charge in [0.25, 0.3) is 0 Å². The smallest absolute Gasteiger partial charge is 0.211 e. The fourth-order valence-corrected chi connectivity index (χ4v) is 2.48. The zero-order valence-corrected chi connectivity index (χ0v) is 18.6. The molecule has 0 spiro atoms. The second-order valence-corrected chi connectivity index (χ2v) is 7.24. The van der Waals surface area contributed by atoms with E-state index in [0.717, 1.165) is 17.9 Å². The van der Waals surface area contributed by atoms with Gasteiger partial charge < -0.3 is 20.1 Å². The van der Waals surface area contributed by atoms with Crippen molar-refractivity contribution in [1.82, 2.24) is 10.0 Å². The molecule has 0 atom stereocenters. The Balaban J connectivity index is 0.00000625. The van der Waals surface area contributed by atoms with E-state index in [-0.39, 0.29) is 29.7 Å². The number of sulfonamides is 1. The first-order valence-electron chi connectivity index (χ1n) is 8.17. The molecular weight excluding hydrogens is 471 g/mol. The lowest BCUT2D eigenvalue weighted by molar-refractivity contribution is 0.172. The predicted octanol–water partition coefficient (Wildman–Crippen LogP) is 1.65. The van der Waals surface area contributed by atoms with E-state index in [9.17, 15) is 8.42 Å². The van der Waals surface area contributed by atoms with Crippen LogP contribution in [0.15, 0.2) is 29.3 Å². The Hall–Kier alpha value is -1.11. The fraction of sp³-hybridized carbons (Fsp3) is 0.562. The number of hydrogen-bond acceptors (Lipinski definition) is 5. The number of rotatable bonds is 11. The fourth-order valence-electron chi connectivity index (χ4n) is 1.86. The highest BCUT2D eigenvalue weighted by Gasteiger charge is 2.05. The molecule has 1 rings (SSSR count). The minimum atomic E-state index is -3.18. The van der Waals surface area contributed by atoms with Crippen molar-refractivity contribution in [2.45, 2.75) is 13.3 Å². The average Bonchev–Trinajstić information content (AvgIpc) is 2.61. The number of anilines is 1. The number of hydrogen-bond donors (Lipinski definition) is 3. The Morgan fingerprint density at radius 1 is 1.23 bits per heavy atom. The number of benzene rings is 1. The van der Waals surface area contributed by atoms with Gasteiger partial charge in [-0.25, -0.2) is 13.1 Å². The van der Waals surface area contributed by atoms with Gasteiger partial charge in [-0.3, -0.25) is 4.99 Å². The first kappa shape index (κ1) is 24.9. The number of ether oxygens (including phenoxy) is 2. The highest BCUT2D eigenvalue weighted by molar-refractivity contribution is 14.0. The minimum absolute atomic E-state index is 0. The average molecular weight is 500 g/mol. The predicted molar refractivity (Wildman–Crippen MR) is 116 cm³/mol. The summed E-state index contributed by atoms with van der Waals surface area (Å²) in [5, 5.41) is 6.19. The summed E-state index contributed by atoms with van der Waals surface area (Å²) in [4.78, 5) is 4.11. The van der Waals surface area contributed by atoms with Gasteiger partial charge in [0.1, 0.15) is 5.75 Å². The molecule has 0 amide bonds. The summed E-state index contributed by atoms with van der Waals surface area (Å²) >= 11 is 0. The lowest BCUT2D eigenvalue weighted by Crippen LogP contribution is -2.38. The molecule has 26 heavy (non-hydrogen) atoms. The molecular formula is C16H29IN4O4S. The number of guanidine groups is 1. The summed E-state index contributed by atoms with van der Waals surface area (Å²) in [7, 11) is 0.135. The summed E-state index contributed by atoms with van der Waals surface area (Å²) in [6.45, 7) is 3.56. The van der Waals surface area contributed by atoms with Crippen LogP contribution >= 0.6 is 24.0 Å². The van der Waals surface area contributed by atoms with Gasteiger partial charge >= 0.3 is 0 Å². The van der Waals surface area contributed by atoms with E-state index in [4.69, 9.17) is 9.47 Å². The molecule has 150 valence electrons. The number of methoxy groups -OCH3 is 1. The summed E-state index contributed by atoms with van der Waals surface area (Å²) in [6, 6.07) is 7.54. The van der Waals surface area contributed by atoms with E-state index in [1.54, 1.807) is 21.1 Å². The van der Waals surface area contributed by atoms with Crippen LogP contribution in [-0.4, -0.2) is 60.6 Å². The Bertz CT molecular complexity index is 641. The van der Waals surface area contributed by atoms with Gasteiger partial charge in [0.05, 0.1) is 12.4 Å². The van der Waals surface area contributed by atoms with Crippen LogP contribution in [0.25, 0.3) is 0 Å². The quantitative estimate of drug-likeness (QED) is 0.185. The standard InChI is InChI=1S/C16H28N4O4S.HI/c1-4-25(21,22)19-10-9-18-16(17-2)20-14-7-5-8-15(13-14)24-12-6-11-23-3;/h5,7-8,13,19H,4,6,9-12H2,1-3H3,(H2,17,18,20);1H. The third kappa shape index (κ3) is 10.8. The molecule has 8 nitrogen and oxygen atoms in total. The van der Waals surface area contributed by atoms with Crippen LogP contribution in [0.5, 0.6) is 5.75 Å². The van der Waals surface area contributed by atoms with Crippen molar-refractivity contribution < 1.29 is 17.9 Å². The first-order valence-corrected chi connectivity index (χ1v) is 9.82. The number of nitrogens with zero attached hydrogens (tertiary/aromatic N) is 1. The lowest BCUT2D eigenvalue weighted by Gasteiger charge is -2.13. The SMILES string of the molecule is CCS(=O)(=O)NCCNC(=NC)Nc1cccc(OCCCOC)c1.I. The van der Waals surface area contributed by atoms with Crippen molar-refractivity contribution in [3.8, 4) is 5.75 Å². The molecule has 3 N–H and O–H groups in total. The molecule has 0 saturated heterocycles. The Kier molecular flexibility index (Phi) is 13.4. The van der Waals surface area contributed by atoms with Gasteiger partial charge in [0.2, 0.25) is 10.0 Å². The van der Waals surface area contributed by atoms with Crippen molar-refractivity contribution in [2.24, 2.45) is 4.99 Å². The van der Waals surface area contributed by atoms with E-state index in [1.165, 1.54) is 0 Å². The maximum atomic E-state index is 11.4. The van der Waals surface area contributed by atoms with Gasteiger partial charge in [-0.05, 0) is 19.1 Å².